The van der Waals surface area contributed by atoms with Gasteiger partial charge in [0.1, 0.15) is 28.6 Å². The first-order chi connectivity index (χ1) is 20.2. The van der Waals surface area contributed by atoms with Crippen LogP contribution in [0.4, 0.5) is 0 Å². The van der Waals surface area contributed by atoms with Gasteiger partial charge in [0.15, 0.2) is 0 Å². The van der Waals surface area contributed by atoms with Gasteiger partial charge in [-0.15, -0.1) is 0 Å². The molecule has 42 heavy (non-hydrogen) atoms. The molecule has 1 unspecified atom stereocenters. The monoisotopic (exact) mass is 569 g/mol. The summed E-state index contributed by atoms with van der Waals surface area (Å²) in [4.78, 5) is 27.1. The third-order valence-electron chi connectivity index (χ3n) is 7.04. The van der Waals surface area contributed by atoms with E-state index >= 15 is 0 Å². The quantitative estimate of drug-likeness (QED) is 0.199. The molecule has 4 aromatic rings. The fourth-order valence-corrected chi connectivity index (χ4v) is 4.67. The van der Waals surface area contributed by atoms with Crippen LogP contribution in [-0.2, 0) is 6.54 Å². The minimum Gasteiger partial charge on any atom is -0.496 e. The molecule has 0 radical (unpaired) electrons. The minimum atomic E-state index is -1.07. The van der Waals surface area contributed by atoms with Crippen molar-refractivity contribution in [1.82, 2.24) is 4.90 Å². The van der Waals surface area contributed by atoms with E-state index in [0.29, 0.717) is 29.2 Å². The highest BCUT2D eigenvalue weighted by Crippen LogP contribution is 2.31. The Morgan fingerprint density at radius 3 is 2.07 bits per heavy atom. The number of carboxylic acids is 1. The summed E-state index contributed by atoms with van der Waals surface area (Å²) >= 11 is 0. The van der Waals surface area contributed by atoms with Crippen LogP contribution in [0.1, 0.15) is 55.5 Å². The summed E-state index contributed by atoms with van der Waals surface area (Å²) in [5.74, 6) is 0.498. The maximum atomic E-state index is 13.8. The fraction of sp³-hybridized carbons (Fsp3) is 0.235. The van der Waals surface area contributed by atoms with Crippen molar-refractivity contribution in [2.45, 2.75) is 32.9 Å². The summed E-state index contributed by atoms with van der Waals surface area (Å²) in [6.07, 6.45) is -0.403. The van der Waals surface area contributed by atoms with E-state index in [1.807, 2.05) is 56.3 Å². The Hall–Kier alpha value is -4.82. The lowest BCUT2D eigenvalue weighted by Gasteiger charge is -2.25. The highest BCUT2D eigenvalue weighted by atomic mass is 16.5. The summed E-state index contributed by atoms with van der Waals surface area (Å²) in [5, 5.41) is 20.3. The highest BCUT2D eigenvalue weighted by Gasteiger charge is 2.21. The topological polar surface area (TPSA) is 106 Å². The van der Waals surface area contributed by atoms with E-state index in [0.717, 1.165) is 22.3 Å². The molecule has 2 N–H and O–H groups in total. The molecule has 1 amide bonds. The van der Waals surface area contributed by atoms with Gasteiger partial charge in [-0.05, 0) is 73.4 Å². The van der Waals surface area contributed by atoms with Gasteiger partial charge in [0, 0.05) is 24.2 Å². The number of aromatic carboxylic acids is 1. The lowest BCUT2D eigenvalue weighted by atomic mass is 10.0. The standard InChI is InChI=1S/C34H35NO7/c1-22-10-15-28(34(38)39)32(18-22)42-27-13-11-24(12-14-27)21-35(17-16-29(36)25-8-6-5-7-9-25)33(37)26-19-30(40-3)23(2)31(20-26)41-4/h5-15,18-20,29,36H,16-17,21H2,1-4H3,(H,38,39). The van der Waals surface area contributed by atoms with Gasteiger partial charge in [-0.3, -0.25) is 4.79 Å². The van der Waals surface area contributed by atoms with Crippen molar-refractivity contribution in [2.24, 2.45) is 0 Å². The van der Waals surface area contributed by atoms with Crippen LogP contribution in [0.5, 0.6) is 23.0 Å². The molecule has 0 aliphatic heterocycles. The van der Waals surface area contributed by atoms with E-state index < -0.39 is 12.1 Å². The molecule has 8 nitrogen and oxygen atoms in total. The third-order valence-corrected chi connectivity index (χ3v) is 7.04. The Morgan fingerprint density at radius 1 is 0.833 bits per heavy atom. The molecule has 218 valence electrons. The lowest BCUT2D eigenvalue weighted by Crippen LogP contribution is -2.32. The fourth-order valence-electron chi connectivity index (χ4n) is 4.67. The molecule has 1 atom stereocenters. The van der Waals surface area contributed by atoms with E-state index in [9.17, 15) is 19.8 Å². The second-order valence-electron chi connectivity index (χ2n) is 10.00. The van der Waals surface area contributed by atoms with E-state index in [1.165, 1.54) is 6.07 Å². The summed E-state index contributed by atoms with van der Waals surface area (Å²) < 4.78 is 16.9. The number of amides is 1. The van der Waals surface area contributed by atoms with Gasteiger partial charge in [0.05, 0.1) is 20.3 Å². The van der Waals surface area contributed by atoms with Crippen LogP contribution in [0.3, 0.4) is 0 Å². The predicted octanol–water partition coefficient (Wildman–Crippen LogP) is 6.58. The van der Waals surface area contributed by atoms with Gasteiger partial charge in [-0.2, -0.15) is 0 Å². The Kier molecular flexibility index (Phi) is 9.83. The molecule has 0 saturated carbocycles. The number of nitrogens with zero attached hydrogens (tertiary/aromatic N) is 1. The van der Waals surface area contributed by atoms with Crippen molar-refractivity contribution in [3.05, 3.63) is 118 Å². The molecule has 4 aromatic carbocycles. The number of hydrogen-bond donors (Lipinski definition) is 2. The second-order valence-corrected chi connectivity index (χ2v) is 10.00. The van der Waals surface area contributed by atoms with Crippen LogP contribution in [0, 0.1) is 13.8 Å². The number of carboxylic acid groups (broad SMARTS) is 1. The number of benzene rings is 4. The molecular formula is C34H35NO7. The summed E-state index contributed by atoms with van der Waals surface area (Å²) in [6, 6.07) is 24.8. The van der Waals surface area contributed by atoms with Crippen LogP contribution in [-0.4, -0.2) is 47.8 Å². The zero-order valence-electron chi connectivity index (χ0n) is 24.2. The number of rotatable bonds is 12. The molecular weight excluding hydrogens is 534 g/mol. The molecule has 0 aliphatic carbocycles. The number of carbonyl (C=O) groups is 2. The molecule has 0 fully saturated rings. The summed E-state index contributed by atoms with van der Waals surface area (Å²) in [6.45, 7) is 4.28. The van der Waals surface area contributed by atoms with Crippen LogP contribution < -0.4 is 14.2 Å². The van der Waals surface area contributed by atoms with Crippen molar-refractivity contribution >= 4 is 11.9 Å². The molecule has 0 saturated heterocycles. The maximum Gasteiger partial charge on any atom is 0.339 e. The molecule has 0 spiro atoms. The van der Waals surface area contributed by atoms with Crippen LogP contribution in [0.25, 0.3) is 0 Å². The number of aryl methyl sites for hydroxylation is 1. The zero-order valence-corrected chi connectivity index (χ0v) is 24.2. The van der Waals surface area contributed by atoms with Crippen LogP contribution in [0.15, 0.2) is 84.9 Å². The molecule has 4 rings (SSSR count). The van der Waals surface area contributed by atoms with Crippen LogP contribution >= 0.6 is 0 Å². The van der Waals surface area contributed by atoms with Crippen molar-refractivity contribution in [3.63, 3.8) is 0 Å². The van der Waals surface area contributed by atoms with Gasteiger partial charge in [0.2, 0.25) is 0 Å². The normalized spacial score (nSPS) is 11.5. The largest absolute Gasteiger partial charge is 0.496 e. The van der Waals surface area contributed by atoms with Crippen LogP contribution in [0.2, 0.25) is 0 Å². The first-order valence-corrected chi connectivity index (χ1v) is 13.6. The molecule has 0 aromatic heterocycles. The number of ether oxygens (including phenoxy) is 3. The van der Waals surface area contributed by atoms with Gasteiger partial charge in [-0.25, -0.2) is 4.79 Å². The van der Waals surface area contributed by atoms with E-state index in [1.54, 1.807) is 55.5 Å². The van der Waals surface area contributed by atoms with Gasteiger partial charge in [-0.1, -0.05) is 48.5 Å². The number of aliphatic hydroxyl groups is 1. The van der Waals surface area contributed by atoms with Crippen molar-refractivity contribution in [1.29, 1.82) is 0 Å². The number of aliphatic hydroxyl groups excluding tert-OH is 1. The predicted molar refractivity (Wildman–Crippen MR) is 160 cm³/mol. The van der Waals surface area contributed by atoms with Crippen molar-refractivity contribution in [3.8, 4) is 23.0 Å². The van der Waals surface area contributed by atoms with E-state index in [2.05, 4.69) is 0 Å². The van der Waals surface area contributed by atoms with Gasteiger partial charge < -0.3 is 29.3 Å². The Morgan fingerprint density at radius 2 is 1.48 bits per heavy atom. The number of carbonyl (C=O) groups excluding carboxylic acids is 1. The maximum absolute atomic E-state index is 13.8. The van der Waals surface area contributed by atoms with E-state index in [-0.39, 0.29) is 30.3 Å². The minimum absolute atomic E-state index is 0.0716. The second kappa shape index (κ2) is 13.7. The smallest absolute Gasteiger partial charge is 0.339 e. The summed E-state index contributed by atoms with van der Waals surface area (Å²) in [7, 11) is 3.09. The van der Waals surface area contributed by atoms with Gasteiger partial charge in [0.25, 0.3) is 5.91 Å². The third kappa shape index (κ3) is 7.27. The Bertz CT molecular complexity index is 1510. The SMILES string of the molecule is COc1cc(C(=O)N(CCC(O)c2ccccc2)Cc2ccc(Oc3cc(C)ccc3C(=O)O)cc2)cc(OC)c1C. The van der Waals surface area contributed by atoms with E-state index in [4.69, 9.17) is 14.2 Å². The molecule has 0 bridgehead atoms. The van der Waals surface area contributed by atoms with Gasteiger partial charge >= 0.3 is 5.97 Å². The summed E-state index contributed by atoms with van der Waals surface area (Å²) in [5.41, 5.74) is 3.76. The lowest BCUT2D eigenvalue weighted by molar-refractivity contribution is 0.0687. The average molecular weight is 570 g/mol. The first kappa shape index (κ1) is 30.1. The molecule has 0 aliphatic rings. The number of hydrogen-bond acceptors (Lipinski definition) is 6. The molecule has 8 heteroatoms. The van der Waals surface area contributed by atoms with Crippen molar-refractivity contribution in [2.75, 3.05) is 20.8 Å². The Balaban J connectivity index is 1.58. The molecule has 0 heterocycles. The zero-order chi connectivity index (χ0) is 30.2. The number of methoxy groups -OCH3 is 2. The average Bonchev–Trinajstić information content (AvgIpc) is 3.00. The Labute approximate surface area is 245 Å². The highest BCUT2D eigenvalue weighted by molar-refractivity contribution is 5.95. The van der Waals surface area contributed by atoms with Crippen molar-refractivity contribution < 1.29 is 34.0 Å². The first-order valence-electron chi connectivity index (χ1n) is 13.6.